The minimum absolute atomic E-state index is 0.0595. The highest BCUT2D eigenvalue weighted by Gasteiger charge is 2.23. The summed E-state index contributed by atoms with van der Waals surface area (Å²) in [5.41, 5.74) is 7.45. The van der Waals surface area contributed by atoms with Crippen molar-refractivity contribution in [3.05, 3.63) is 148 Å². The van der Waals surface area contributed by atoms with Gasteiger partial charge in [0.2, 0.25) is 0 Å². The van der Waals surface area contributed by atoms with Gasteiger partial charge in [-0.05, 0) is 100 Å². The molecule has 3 N–H and O–H groups in total. The van der Waals surface area contributed by atoms with Gasteiger partial charge in [0.1, 0.15) is 17.5 Å². The van der Waals surface area contributed by atoms with E-state index >= 15 is 0 Å². The standard InChI is InChI=1S/C45H47ClN2O4/c1-45(2,3)36-20-23-38(24-21-36)52-39-11-7-8-31(26-39)29-47-41-25-22-37(46)28-40(41)43(49)48-42(44(50)51)27-30-12-14-33(15-13-30)35-18-16-34(17-19-35)32-9-5-4-6-10-32/h7-8,11-26,28,32,42,47H,4-6,9-10,27,29H2,1-3H3,(H,48,49)(H,50,51). The van der Waals surface area contributed by atoms with E-state index in [1.54, 1.807) is 18.2 Å². The van der Waals surface area contributed by atoms with Gasteiger partial charge in [-0.25, -0.2) is 4.79 Å². The number of rotatable bonds is 12. The minimum atomic E-state index is -1.13. The number of benzene rings is 5. The molecular weight excluding hydrogens is 668 g/mol. The first kappa shape index (κ1) is 36.7. The molecule has 5 aromatic carbocycles. The number of carbonyl (C=O) groups excluding carboxylic acids is 1. The number of hydrogen-bond donors (Lipinski definition) is 3. The molecule has 0 spiro atoms. The van der Waals surface area contributed by atoms with Gasteiger partial charge in [-0.2, -0.15) is 0 Å². The van der Waals surface area contributed by atoms with E-state index in [0.29, 0.717) is 28.9 Å². The molecule has 1 aliphatic rings. The fourth-order valence-corrected chi connectivity index (χ4v) is 6.99. The fourth-order valence-electron chi connectivity index (χ4n) is 6.82. The van der Waals surface area contributed by atoms with Crippen LogP contribution in [0.1, 0.15) is 91.4 Å². The molecule has 0 bridgehead atoms. The lowest BCUT2D eigenvalue weighted by Gasteiger charge is -2.22. The van der Waals surface area contributed by atoms with Crippen LogP contribution in [0, 0.1) is 0 Å². The second-order valence-electron chi connectivity index (χ2n) is 14.8. The molecule has 5 aromatic rings. The van der Waals surface area contributed by atoms with E-state index in [0.717, 1.165) is 28.0 Å². The quantitative estimate of drug-likeness (QED) is 0.120. The summed E-state index contributed by atoms with van der Waals surface area (Å²) in [6, 6.07) is 36.4. The minimum Gasteiger partial charge on any atom is -0.480 e. The summed E-state index contributed by atoms with van der Waals surface area (Å²) < 4.78 is 6.12. The predicted octanol–water partition coefficient (Wildman–Crippen LogP) is 11.2. The molecule has 1 fully saturated rings. The van der Waals surface area contributed by atoms with Crippen LogP contribution in [0.25, 0.3) is 11.1 Å². The topological polar surface area (TPSA) is 87.7 Å². The van der Waals surface area contributed by atoms with Gasteiger partial charge in [0.05, 0.1) is 5.56 Å². The Morgan fingerprint density at radius 2 is 1.46 bits per heavy atom. The third-order valence-corrected chi connectivity index (χ3v) is 10.1. The second-order valence-corrected chi connectivity index (χ2v) is 15.2. The van der Waals surface area contributed by atoms with Gasteiger partial charge < -0.3 is 20.5 Å². The molecule has 6 nitrogen and oxygen atoms in total. The number of carboxylic acid groups (broad SMARTS) is 1. The lowest BCUT2D eigenvalue weighted by Crippen LogP contribution is -2.42. The van der Waals surface area contributed by atoms with Crippen molar-refractivity contribution in [2.45, 2.75) is 83.2 Å². The third-order valence-electron chi connectivity index (χ3n) is 9.88. The van der Waals surface area contributed by atoms with E-state index in [1.165, 1.54) is 43.2 Å². The van der Waals surface area contributed by atoms with Crippen LogP contribution in [0.2, 0.25) is 5.02 Å². The summed E-state index contributed by atoms with van der Waals surface area (Å²) >= 11 is 6.31. The van der Waals surface area contributed by atoms with Gasteiger partial charge >= 0.3 is 5.97 Å². The van der Waals surface area contributed by atoms with E-state index in [1.807, 2.05) is 60.7 Å². The highest BCUT2D eigenvalue weighted by molar-refractivity contribution is 6.31. The van der Waals surface area contributed by atoms with Crippen LogP contribution < -0.4 is 15.4 Å². The molecule has 1 saturated carbocycles. The molecule has 1 amide bonds. The number of carboxylic acids is 1. The number of nitrogens with one attached hydrogen (secondary N) is 2. The zero-order valence-electron chi connectivity index (χ0n) is 30.1. The smallest absolute Gasteiger partial charge is 0.326 e. The summed E-state index contributed by atoms with van der Waals surface area (Å²) in [7, 11) is 0. The molecule has 1 unspecified atom stereocenters. The highest BCUT2D eigenvalue weighted by Crippen LogP contribution is 2.34. The number of ether oxygens (including phenoxy) is 1. The molecule has 6 rings (SSSR count). The Bertz CT molecular complexity index is 1980. The normalized spacial score (nSPS) is 14.0. The number of anilines is 1. The van der Waals surface area contributed by atoms with Crippen molar-refractivity contribution >= 4 is 29.2 Å². The van der Waals surface area contributed by atoms with Crippen molar-refractivity contribution in [2.75, 3.05) is 5.32 Å². The molecule has 0 aromatic heterocycles. The Balaban J connectivity index is 1.08. The van der Waals surface area contributed by atoms with Gasteiger partial charge in [-0.3, -0.25) is 4.79 Å². The Morgan fingerprint density at radius 1 is 0.788 bits per heavy atom. The third kappa shape index (κ3) is 9.62. The molecule has 0 radical (unpaired) electrons. The van der Waals surface area contributed by atoms with E-state index < -0.39 is 17.9 Å². The largest absolute Gasteiger partial charge is 0.480 e. The monoisotopic (exact) mass is 714 g/mol. The lowest BCUT2D eigenvalue weighted by atomic mass is 9.83. The van der Waals surface area contributed by atoms with Crippen LogP contribution >= 0.6 is 11.6 Å². The molecule has 0 heterocycles. The van der Waals surface area contributed by atoms with Gasteiger partial charge in [-0.15, -0.1) is 0 Å². The van der Waals surface area contributed by atoms with Crippen LogP contribution in [0.4, 0.5) is 5.69 Å². The number of hydrogen-bond acceptors (Lipinski definition) is 4. The Morgan fingerprint density at radius 3 is 2.12 bits per heavy atom. The summed E-state index contributed by atoms with van der Waals surface area (Å²) in [5, 5.41) is 16.5. The fraction of sp³-hybridized carbons (Fsp3) is 0.289. The van der Waals surface area contributed by atoms with Gasteiger partial charge in [0, 0.05) is 23.7 Å². The van der Waals surface area contributed by atoms with Crippen LogP contribution in [0.5, 0.6) is 11.5 Å². The maximum absolute atomic E-state index is 13.6. The number of amides is 1. The van der Waals surface area contributed by atoms with Crippen molar-refractivity contribution < 1.29 is 19.4 Å². The first-order valence-electron chi connectivity index (χ1n) is 18.2. The van der Waals surface area contributed by atoms with Crippen LogP contribution in [-0.2, 0) is 23.2 Å². The van der Waals surface area contributed by atoms with Crippen LogP contribution in [0.15, 0.2) is 115 Å². The second kappa shape index (κ2) is 16.5. The molecule has 52 heavy (non-hydrogen) atoms. The molecule has 7 heteroatoms. The maximum atomic E-state index is 13.6. The summed E-state index contributed by atoms with van der Waals surface area (Å²) in [6.45, 7) is 6.93. The van der Waals surface area contributed by atoms with Crippen LogP contribution in [0.3, 0.4) is 0 Å². The van der Waals surface area contributed by atoms with Crippen molar-refractivity contribution in [2.24, 2.45) is 0 Å². The lowest BCUT2D eigenvalue weighted by molar-refractivity contribution is -0.139. The zero-order chi connectivity index (χ0) is 36.7. The van der Waals surface area contributed by atoms with Crippen molar-refractivity contribution in [1.29, 1.82) is 0 Å². The number of aliphatic carboxylic acids is 1. The first-order chi connectivity index (χ1) is 25.0. The Labute approximate surface area is 312 Å². The van der Waals surface area contributed by atoms with E-state index in [9.17, 15) is 14.7 Å². The van der Waals surface area contributed by atoms with Crippen molar-refractivity contribution in [1.82, 2.24) is 5.32 Å². The van der Waals surface area contributed by atoms with Gasteiger partial charge in [-0.1, -0.05) is 124 Å². The van der Waals surface area contributed by atoms with Crippen LogP contribution in [-0.4, -0.2) is 23.0 Å². The zero-order valence-corrected chi connectivity index (χ0v) is 30.9. The summed E-state index contributed by atoms with van der Waals surface area (Å²) in [5.74, 6) is 0.465. The Kier molecular flexibility index (Phi) is 11.7. The highest BCUT2D eigenvalue weighted by atomic mass is 35.5. The first-order valence-corrected chi connectivity index (χ1v) is 18.5. The molecule has 1 atom stereocenters. The molecule has 268 valence electrons. The average Bonchev–Trinajstić information content (AvgIpc) is 3.15. The predicted molar refractivity (Wildman–Crippen MR) is 211 cm³/mol. The SMILES string of the molecule is CC(C)(C)c1ccc(Oc2cccc(CNc3ccc(Cl)cc3C(=O)NC(Cc3ccc(-c4ccc(C5CCCCC5)cc4)cc3)C(=O)O)c2)cc1. The average molecular weight is 715 g/mol. The maximum Gasteiger partial charge on any atom is 0.326 e. The Hall–Kier alpha value is -5.07. The van der Waals surface area contributed by atoms with E-state index in [4.69, 9.17) is 16.3 Å². The van der Waals surface area contributed by atoms with Crippen molar-refractivity contribution in [3.8, 4) is 22.6 Å². The van der Waals surface area contributed by atoms with Gasteiger partial charge in [0.15, 0.2) is 0 Å². The molecule has 0 aliphatic heterocycles. The van der Waals surface area contributed by atoms with Crippen molar-refractivity contribution in [3.63, 3.8) is 0 Å². The molecular formula is C45H47ClN2O4. The summed E-state index contributed by atoms with van der Waals surface area (Å²) in [6.07, 6.45) is 6.63. The molecule has 0 saturated heterocycles. The van der Waals surface area contributed by atoms with E-state index in [2.05, 4.69) is 67.8 Å². The van der Waals surface area contributed by atoms with E-state index in [-0.39, 0.29) is 17.4 Å². The summed E-state index contributed by atoms with van der Waals surface area (Å²) in [4.78, 5) is 25.9. The number of halogens is 1. The molecule has 1 aliphatic carbocycles. The van der Waals surface area contributed by atoms with Gasteiger partial charge in [0.25, 0.3) is 5.91 Å². The number of carbonyl (C=O) groups is 2.